The second-order valence-corrected chi connectivity index (χ2v) is 9.05. The minimum absolute atomic E-state index is 0.115. The Morgan fingerprint density at radius 3 is 2.42 bits per heavy atom. The van der Waals surface area contributed by atoms with E-state index in [2.05, 4.69) is 10.2 Å². The van der Waals surface area contributed by atoms with E-state index in [1.54, 1.807) is 41.0 Å². The highest BCUT2D eigenvalue weighted by atomic mass is 35.5. The maximum Gasteiger partial charge on any atom is 0.298 e. The van der Waals surface area contributed by atoms with Gasteiger partial charge in [0.05, 0.1) is 21.9 Å². The van der Waals surface area contributed by atoms with Crippen molar-refractivity contribution < 1.29 is 18.4 Å². The van der Waals surface area contributed by atoms with Crippen molar-refractivity contribution in [2.45, 2.75) is 11.4 Å². The molecular weight excluding hydrogens is 470 g/mol. The molecule has 168 valence electrons. The van der Waals surface area contributed by atoms with Gasteiger partial charge in [-0.3, -0.25) is 10.1 Å². The molecule has 12 heteroatoms. The van der Waals surface area contributed by atoms with Crippen molar-refractivity contribution in [3.63, 3.8) is 0 Å². The number of nitro benzene ring substituents is 1. The lowest BCUT2D eigenvalue weighted by Crippen LogP contribution is -2.12. The SMILES string of the molecule is NS(=O)(=O)c1ccc(N=Nc2c(O)n(Cc3ccc(Cl)cc3)c3ccccc23)c([N+](=O)[O-])c1. The van der Waals surface area contributed by atoms with Gasteiger partial charge in [0.15, 0.2) is 11.4 Å². The number of nitrogens with zero attached hydrogens (tertiary/aromatic N) is 4. The Bertz CT molecular complexity index is 1510. The standard InChI is InChI=1S/C21H16ClN5O5S/c22-14-7-5-13(6-8-14)12-26-18-4-2-1-3-16(18)20(21(26)28)25-24-17-10-9-15(33(23,31)32)11-19(17)27(29)30/h1-11,28H,12H2,(H2,23,31,32). The van der Waals surface area contributed by atoms with Crippen LogP contribution in [-0.2, 0) is 16.6 Å². The lowest BCUT2D eigenvalue weighted by molar-refractivity contribution is -0.384. The number of azo groups is 1. The van der Waals surface area contributed by atoms with E-state index in [0.29, 0.717) is 22.5 Å². The average Bonchev–Trinajstić information content (AvgIpc) is 3.04. The number of fused-ring (bicyclic) bond motifs is 1. The van der Waals surface area contributed by atoms with Crippen LogP contribution in [0.25, 0.3) is 10.9 Å². The fourth-order valence-electron chi connectivity index (χ4n) is 3.32. The number of nitro groups is 1. The number of halogens is 1. The molecule has 0 saturated carbocycles. The van der Waals surface area contributed by atoms with Gasteiger partial charge in [-0.15, -0.1) is 10.2 Å². The number of hydrogen-bond acceptors (Lipinski definition) is 7. The summed E-state index contributed by atoms with van der Waals surface area (Å²) in [5, 5.41) is 36.5. The van der Waals surface area contributed by atoms with Gasteiger partial charge in [0.25, 0.3) is 5.69 Å². The summed E-state index contributed by atoms with van der Waals surface area (Å²) in [5.74, 6) is -0.182. The van der Waals surface area contributed by atoms with Crippen LogP contribution in [0.3, 0.4) is 0 Å². The summed E-state index contributed by atoms with van der Waals surface area (Å²) >= 11 is 5.94. The maximum atomic E-state index is 11.5. The van der Waals surface area contributed by atoms with Crippen LogP contribution in [0.4, 0.5) is 17.1 Å². The lowest BCUT2D eigenvalue weighted by atomic mass is 10.2. The third-order valence-electron chi connectivity index (χ3n) is 4.90. The molecule has 0 radical (unpaired) electrons. The van der Waals surface area contributed by atoms with Crippen molar-refractivity contribution in [3.8, 4) is 5.88 Å². The second kappa shape index (κ2) is 8.62. The molecule has 1 heterocycles. The Kier molecular flexibility index (Phi) is 5.85. The zero-order valence-electron chi connectivity index (χ0n) is 16.8. The van der Waals surface area contributed by atoms with E-state index in [4.69, 9.17) is 16.7 Å². The molecule has 4 aromatic rings. The van der Waals surface area contributed by atoms with Crippen LogP contribution in [0.1, 0.15) is 5.56 Å². The fourth-order valence-corrected chi connectivity index (χ4v) is 3.98. The smallest absolute Gasteiger partial charge is 0.298 e. The van der Waals surface area contributed by atoms with Crippen molar-refractivity contribution in [1.82, 2.24) is 4.57 Å². The number of para-hydroxylation sites is 1. The van der Waals surface area contributed by atoms with E-state index in [-0.39, 0.29) is 17.3 Å². The third-order valence-corrected chi connectivity index (χ3v) is 6.06. The van der Waals surface area contributed by atoms with Gasteiger partial charge in [0.2, 0.25) is 15.9 Å². The van der Waals surface area contributed by atoms with Crippen LogP contribution in [-0.4, -0.2) is 23.0 Å². The second-order valence-electron chi connectivity index (χ2n) is 7.05. The normalized spacial score (nSPS) is 11.9. The Morgan fingerprint density at radius 2 is 1.76 bits per heavy atom. The number of nitrogens with two attached hydrogens (primary N) is 1. The van der Waals surface area contributed by atoms with Crippen LogP contribution >= 0.6 is 11.6 Å². The molecule has 0 aliphatic rings. The first-order chi connectivity index (χ1) is 15.6. The largest absolute Gasteiger partial charge is 0.493 e. The van der Waals surface area contributed by atoms with Crippen molar-refractivity contribution in [3.05, 3.63) is 87.4 Å². The molecule has 33 heavy (non-hydrogen) atoms. The number of primary sulfonamides is 1. The highest BCUT2D eigenvalue weighted by Gasteiger charge is 2.21. The predicted molar refractivity (Wildman–Crippen MR) is 123 cm³/mol. The molecule has 0 saturated heterocycles. The molecule has 0 unspecified atom stereocenters. The van der Waals surface area contributed by atoms with Crippen molar-refractivity contribution >= 4 is 49.6 Å². The Labute approximate surface area is 192 Å². The Balaban J connectivity index is 1.79. The summed E-state index contributed by atoms with van der Waals surface area (Å²) in [4.78, 5) is 10.2. The molecule has 0 aliphatic heterocycles. The summed E-state index contributed by atoms with van der Waals surface area (Å²) in [6, 6.07) is 17.3. The highest BCUT2D eigenvalue weighted by molar-refractivity contribution is 7.89. The first-order valence-corrected chi connectivity index (χ1v) is 11.3. The summed E-state index contributed by atoms with van der Waals surface area (Å²) < 4.78 is 24.7. The van der Waals surface area contributed by atoms with Crippen LogP contribution in [0.5, 0.6) is 5.88 Å². The fraction of sp³-hybridized carbons (Fsp3) is 0.0476. The lowest BCUT2D eigenvalue weighted by Gasteiger charge is -2.07. The quantitative estimate of drug-likeness (QED) is 0.223. The Hall–Kier alpha value is -3.80. The number of aromatic nitrogens is 1. The molecule has 1 aromatic heterocycles. The van der Waals surface area contributed by atoms with Crippen LogP contribution in [0.15, 0.2) is 81.9 Å². The minimum atomic E-state index is -4.14. The minimum Gasteiger partial charge on any atom is -0.493 e. The molecule has 0 atom stereocenters. The summed E-state index contributed by atoms with van der Waals surface area (Å²) in [6.45, 7) is 0.322. The topological polar surface area (TPSA) is 153 Å². The average molecular weight is 486 g/mol. The van der Waals surface area contributed by atoms with Crippen LogP contribution in [0.2, 0.25) is 5.02 Å². The number of rotatable bonds is 6. The van der Waals surface area contributed by atoms with E-state index in [1.807, 2.05) is 12.1 Å². The van der Waals surface area contributed by atoms with E-state index >= 15 is 0 Å². The molecule has 3 N–H and O–H groups in total. The van der Waals surface area contributed by atoms with E-state index in [1.165, 1.54) is 0 Å². The molecule has 3 aromatic carbocycles. The molecule has 4 rings (SSSR count). The molecular formula is C21H16ClN5O5S. The summed E-state index contributed by atoms with van der Waals surface area (Å²) in [7, 11) is -4.14. The van der Waals surface area contributed by atoms with Crippen LogP contribution < -0.4 is 5.14 Å². The number of sulfonamides is 1. The van der Waals surface area contributed by atoms with E-state index in [0.717, 1.165) is 23.8 Å². The molecule has 10 nitrogen and oxygen atoms in total. The zero-order valence-corrected chi connectivity index (χ0v) is 18.4. The summed E-state index contributed by atoms with van der Waals surface area (Å²) in [5.41, 5.74) is 0.895. The molecule has 0 bridgehead atoms. The van der Waals surface area contributed by atoms with Gasteiger partial charge < -0.3 is 9.67 Å². The molecule has 0 aliphatic carbocycles. The maximum absolute atomic E-state index is 11.5. The van der Waals surface area contributed by atoms with Gasteiger partial charge in [-0.25, -0.2) is 13.6 Å². The van der Waals surface area contributed by atoms with Gasteiger partial charge in [-0.05, 0) is 35.9 Å². The first-order valence-electron chi connectivity index (χ1n) is 9.43. The molecule has 0 amide bonds. The predicted octanol–water partition coefficient (Wildman–Crippen LogP) is 5.02. The van der Waals surface area contributed by atoms with Crippen molar-refractivity contribution in [2.75, 3.05) is 0 Å². The summed E-state index contributed by atoms with van der Waals surface area (Å²) in [6.07, 6.45) is 0. The number of hydrogen-bond donors (Lipinski definition) is 2. The Morgan fingerprint density at radius 1 is 1.06 bits per heavy atom. The van der Waals surface area contributed by atoms with Crippen LogP contribution in [0, 0.1) is 10.1 Å². The van der Waals surface area contributed by atoms with Crippen molar-refractivity contribution in [1.29, 1.82) is 0 Å². The highest BCUT2D eigenvalue weighted by Crippen LogP contribution is 2.41. The van der Waals surface area contributed by atoms with Gasteiger partial charge in [0.1, 0.15) is 0 Å². The number of aromatic hydroxyl groups is 1. The monoisotopic (exact) mass is 485 g/mol. The van der Waals surface area contributed by atoms with Gasteiger partial charge in [-0.1, -0.05) is 41.9 Å². The van der Waals surface area contributed by atoms with E-state index < -0.39 is 25.5 Å². The van der Waals surface area contributed by atoms with Gasteiger partial charge in [-0.2, -0.15) is 0 Å². The molecule has 0 spiro atoms. The van der Waals surface area contributed by atoms with E-state index in [9.17, 15) is 23.6 Å². The number of benzene rings is 3. The zero-order chi connectivity index (χ0) is 23.8. The first kappa shape index (κ1) is 22.4. The van der Waals surface area contributed by atoms with Gasteiger partial charge >= 0.3 is 0 Å². The van der Waals surface area contributed by atoms with Crippen molar-refractivity contribution in [2.24, 2.45) is 15.4 Å². The van der Waals surface area contributed by atoms with Gasteiger partial charge in [0, 0.05) is 16.5 Å². The third kappa shape index (κ3) is 4.55. The molecule has 0 fully saturated rings.